The fourth-order valence-corrected chi connectivity index (χ4v) is 3.95. The summed E-state index contributed by atoms with van der Waals surface area (Å²) < 4.78 is 28.6. The van der Waals surface area contributed by atoms with Gasteiger partial charge in [-0.15, -0.1) is 0 Å². The minimum absolute atomic E-state index is 0.0635. The van der Waals surface area contributed by atoms with Gasteiger partial charge in [-0.1, -0.05) is 12.1 Å². The van der Waals surface area contributed by atoms with Crippen molar-refractivity contribution in [2.75, 3.05) is 5.32 Å². The molecule has 1 aliphatic rings. The average molecular weight is 409 g/mol. The molecule has 1 fully saturated rings. The minimum atomic E-state index is -3.47. The van der Waals surface area contributed by atoms with Gasteiger partial charge in [0, 0.05) is 17.8 Å². The lowest BCUT2D eigenvalue weighted by molar-refractivity contribution is -0.111. The Morgan fingerprint density at radius 1 is 1.07 bits per heavy atom. The number of benzene rings is 2. The third-order valence-corrected chi connectivity index (χ3v) is 5.87. The van der Waals surface area contributed by atoms with Gasteiger partial charge in [-0.3, -0.25) is 4.79 Å². The van der Waals surface area contributed by atoms with Crippen molar-refractivity contribution >= 4 is 27.7 Å². The number of carbonyl (C=O) groups excluding carboxylic acids is 1. The third kappa shape index (κ3) is 4.95. The van der Waals surface area contributed by atoms with E-state index in [0.29, 0.717) is 5.69 Å². The van der Waals surface area contributed by atoms with Gasteiger partial charge < -0.3 is 5.32 Å². The van der Waals surface area contributed by atoms with Crippen LogP contribution in [0.15, 0.2) is 72.2 Å². The molecule has 4 rings (SSSR count). The van der Waals surface area contributed by atoms with E-state index < -0.39 is 10.0 Å². The lowest BCUT2D eigenvalue weighted by atomic mass is 10.2. The first-order chi connectivity index (χ1) is 14.0. The molecule has 1 aliphatic carbocycles. The molecular weight excluding hydrogens is 390 g/mol. The highest BCUT2D eigenvalue weighted by Crippen LogP contribution is 2.22. The summed E-state index contributed by atoms with van der Waals surface area (Å²) in [5.41, 5.74) is 2.21. The molecule has 0 spiro atoms. The molecule has 1 saturated carbocycles. The smallest absolute Gasteiger partial charge is 0.248 e. The van der Waals surface area contributed by atoms with E-state index in [0.717, 1.165) is 24.1 Å². The van der Waals surface area contributed by atoms with Crippen molar-refractivity contribution in [2.24, 2.45) is 0 Å². The van der Waals surface area contributed by atoms with Crippen LogP contribution in [0.2, 0.25) is 0 Å². The molecule has 0 saturated heterocycles. The Kier molecular flexibility index (Phi) is 5.24. The maximum absolute atomic E-state index is 12.2. The fraction of sp³-hybridized carbons (Fsp3) is 0.150. The highest BCUT2D eigenvalue weighted by atomic mass is 32.2. The standard InChI is InChI=1S/C20H19N5O3S/c26-20(23-16-6-8-18(9-7-16)25-14-21-13-22-25)12-3-15-1-10-19(11-2-15)29(27,28)24-17-4-5-17/h1-3,6-14,17,24H,4-5H2,(H,23,26). The van der Waals surface area contributed by atoms with Gasteiger partial charge in [-0.05, 0) is 60.9 Å². The van der Waals surface area contributed by atoms with Crippen LogP contribution in [-0.4, -0.2) is 35.1 Å². The first-order valence-electron chi connectivity index (χ1n) is 9.06. The predicted molar refractivity (Wildman–Crippen MR) is 109 cm³/mol. The first-order valence-corrected chi connectivity index (χ1v) is 10.5. The molecule has 0 aliphatic heterocycles. The van der Waals surface area contributed by atoms with Gasteiger partial charge >= 0.3 is 0 Å². The Labute approximate surface area is 168 Å². The summed E-state index contributed by atoms with van der Waals surface area (Å²) in [5, 5.41) is 6.82. The maximum Gasteiger partial charge on any atom is 0.248 e. The van der Waals surface area contributed by atoms with Crippen molar-refractivity contribution in [3.63, 3.8) is 0 Å². The number of hydrogen-bond acceptors (Lipinski definition) is 5. The van der Waals surface area contributed by atoms with E-state index in [-0.39, 0.29) is 16.8 Å². The summed E-state index contributed by atoms with van der Waals surface area (Å²) in [5.74, 6) is -0.286. The van der Waals surface area contributed by atoms with Crippen molar-refractivity contribution in [3.8, 4) is 5.69 Å². The Morgan fingerprint density at radius 2 is 1.79 bits per heavy atom. The van der Waals surface area contributed by atoms with E-state index in [1.807, 2.05) is 12.1 Å². The molecule has 8 nitrogen and oxygen atoms in total. The number of aromatic nitrogens is 3. The number of nitrogens with one attached hydrogen (secondary N) is 2. The number of nitrogens with zero attached hydrogens (tertiary/aromatic N) is 3. The van der Waals surface area contributed by atoms with Crippen LogP contribution in [0.1, 0.15) is 18.4 Å². The summed E-state index contributed by atoms with van der Waals surface area (Å²) in [6, 6.07) is 13.6. The van der Waals surface area contributed by atoms with E-state index in [1.54, 1.807) is 41.4 Å². The molecule has 1 aromatic heterocycles. The zero-order valence-corrected chi connectivity index (χ0v) is 16.2. The summed E-state index contributed by atoms with van der Waals surface area (Å²) in [4.78, 5) is 16.2. The number of sulfonamides is 1. The van der Waals surface area contributed by atoms with Crippen LogP contribution in [0.5, 0.6) is 0 Å². The van der Waals surface area contributed by atoms with Crippen LogP contribution in [0, 0.1) is 0 Å². The zero-order chi connectivity index (χ0) is 20.3. The normalized spacial score (nSPS) is 14.2. The SMILES string of the molecule is O=C(C=Cc1ccc(S(=O)(=O)NC2CC2)cc1)Nc1ccc(-n2cncn2)cc1. The average Bonchev–Trinajstić information content (AvgIpc) is 3.34. The Bertz CT molecular complexity index is 1120. The third-order valence-electron chi connectivity index (χ3n) is 4.33. The number of anilines is 1. The van der Waals surface area contributed by atoms with Gasteiger partial charge in [0.25, 0.3) is 0 Å². The van der Waals surface area contributed by atoms with E-state index >= 15 is 0 Å². The van der Waals surface area contributed by atoms with Crippen molar-refractivity contribution in [1.29, 1.82) is 0 Å². The molecule has 1 heterocycles. The first kappa shape index (κ1) is 19.0. The molecule has 0 unspecified atom stereocenters. The van der Waals surface area contributed by atoms with Crippen molar-refractivity contribution in [3.05, 3.63) is 72.8 Å². The van der Waals surface area contributed by atoms with Crippen LogP contribution in [0.4, 0.5) is 5.69 Å². The van der Waals surface area contributed by atoms with Crippen molar-refractivity contribution < 1.29 is 13.2 Å². The van der Waals surface area contributed by atoms with Crippen LogP contribution in [0.25, 0.3) is 11.8 Å². The molecule has 29 heavy (non-hydrogen) atoms. The molecule has 9 heteroatoms. The molecule has 2 N–H and O–H groups in total. The summed E-state index contributed by atoms with van der Waals surface area (Å²) in [6.07, 6.45) is 7.85. The monoisotopic (exact) mass is 409 g/mol. The second kappa shape index (κ2) is 7.98. The van der Waals surface area contributed by atoms with Gasteiger partial charge in [-0.25, -0.2) is 22.8 Å². The highest BCUT2D eigenvalue weighted by Gasteiger charge is 2.27. The van der Waals surface area contributed by atoms with Crippen molar-refractivity contribution in [2.45, 2.75) is 23.8 Å². The summed E-state index contributed by atoms with van der Waals surface area (Å²) in [7, 11) is -3.47. The quantitative estimate of drug-likeness (QED) is 0.583. The van der Waals surface area contributed by atoms with E-state index in [2.05, 4.69) is 20.1 Å². The van der Waals surface area contributed by atoms with Crippen LogP contribution >= 0.6 is 0 Å². The van der Waals surface area contributed by atoms with E-state index in [9.17, 15) is 13.2 Å². The largest absolute Gasteiger partial charge is 0.323 e. The van der Waals surface area contributed by atoms with Gasteiger partial charge in [0.15, 0.2) is 0 Å². The van der Waals surface area contributed by atoms with Gasteiger partial charge in [0.2, 0.25) is 15.9 Å². The van der Waals surface area contributed by atoms with E-state index in [4.69, 9.17) is 0 Å². The van der Waals surface area contributed by atoms with Crippen LogP contribution in [0.3, 0.4) is 0 Å². The Morgan fingerprint density at radius 3 is 2.41 bits per heavy atom. The van der Waals surface area contributed by atoms with Crippen LogP contribution < -0.4 is 10.0 Å². The summed E-state index contributed by atoms with van der Waals surface area (Å²) in [6.45, 7) is 0. The fourth-order valence-electron chi connectivity index (χ4n) is 2.64. The molecule has 148 valence electrons. The number of amides is 1. The lowest BCUT2D eigenvalue weighted by Crippen LogP contribution is -2.25. The van der Waals surface area contributed by atoms with E-state index in [1.165, 1.54) is 24.5 Å². The summed E-state index contributed by atoms with van der Waals surface area (Å²) >= 11 is 0. The predicted octanol–water partition coefficient (Wildman–Crippen LogP) is 2.36. The molecule has 3 aromatic rings. The molecule has 2 aromatic carbocycles. The van der Waals surface area contributed by atoms with Gasteiger partial charge in [0.05, 0.1) is 10.6 Å². The number of carbonyl (C=O) groups is 1. The number of hydrogen-bond donors (Lipinski definition) is 2. The maximum atomic E-state index is 12.2. The second-order valence-corrected chi connectivity index (χ2v) is 8.39. The molecule has 1 amide bonds. The zero-order valence-electron chi connectivity index (χ0n) is 15.4. The molecule has 0 atom stereocenters. The highest BCUT2D eigenvalue weighted by molar-refractivity contribution is 7.89. The van der Waals surface area contributed by atoms with Crippen LogP contribution in [-0.2, 0) is 14.8 Å². The minimum Gasteiger partial charge on any atom is -0.323 e. The topological polar surface area (TPSA) is 106 Å². The van der Waals surface area contributed by atoms with Gasteiger partial charge in [0.1, 0.15) is 12.7 Å². The molecule has 0 bridgehead atoms. The Hall–Kier alpha value is -3.30. The Balaban J connectivity index is 1.35. The van der Waals surface area contributed by atoms with Crippen molar-refractivity contribution in [1.82, 2.24) is 19.5 Å². The molecular formula is C20H19N5O3S. The lowest BCUT2D eigenvalue weighted by Gasteiger charge is -2.06. The van der Waals surface area contributed by atoms with Gasteiger partial charge in [-0.2, -0.15) is 5.10 Å². The second-order valence-electron chi connectivity index (χ2n) is 6.67. The molecule has 0 radical (unpaired) electrons. The number of rotatable bonds is 7.